The van der Waals surface area contributed by atoms with Crippen molar-refractivity contribution in [1.29, 1.82) is 0 Å². The highest BCUT2D eigenvalue weighted by atomic mass is 16.5. The van der Waals surface area contributed by atoms with Crippen molar-refractivity contribution in [3.63, 3.8) is 0 Å². The molecule has 0 aliphatic carbocycles. The lowest BCUT2D eigenvalue weighted by Gasteiger charge is -2.04. The fourth-order valence-corrected chi connectivity index (χ4v) is 2.17. The Kier molecular flexibility index (Phi) is 3.73. The second kappa shape index (κ2) is 5.83. The molecule has 0 spiro atoms. The van der Waals surface area contributed by atoms with Crippen molar-refractivity contribution in [3.8, 4) is 17.0 Å². The summed E-state index contributed by atoms with van der Waals surface area (Å²) in [7, 11) is 1.89. The average molecular weight is 282 g/mol. The molecule has 5 heteroatoms. The topological polar surface area (TPSA) is 44.9 Å². The van der Waals surface area contributed by atoms with Crippen LogP contribution in [0.25, 0.3) is 11.1 Å². The van der Waals surface area contributed by atoms with Gasteiger partial charge in [-0.25, -0.2) is 0 Å². The van der Waals surface area contributed by atoms with E-state index in [9.17, 15) is 0 Å². The molecule has 0 saturated heterocycles. The number of hydrogen-bond donors (Lipinski definition) is 0. The van der Waals surface area contributed by atoms with E-state index in [4.69, 9.17) is 4.74 Å². The third-order valence-electron chi connectivity index (χ3n) is 3.28. The van der Waals surface area contributed by atoms with Crippen LogP contribution >= 0.6 is 0 Å². The zero-order valence-electron chi connectivity index (χ0n) is 12.2. The summed E-state index contributed by atoms with van der Waals surface area (Å²) < 4.78 is 9.53. The number of aromatic nitrogens is 4. The maximum Gasteiger partial charge on any atom is 0.241 e. The van der Waals surface area contributed by atoms with Crippen molar-refractivity contribution in [1.82, 2.24) is 19.6 Å². The van der Waals surface area contributed by atoms with Crippen LogP contribution in [0.2, 0.25) is 0 Å². The van der Waals surface area contributed by atoms with Crippen LogP contribution in [0.15, 0.2) is 48.9 Å². The van der Waals surface area contributed by atoms with E-state index in [0.29, 0.717) is 12.5 Å². The number of nitrogens with zero attached hydrogens (tertiary/aromatic N) is 4. The highest BCUT2D eigenvalue weighted by Gasteiger charge is 2.13. The summed E-state index contributed by atoms with van der Waals surface area (Å²) in [5, 5.41) is 8.70. The quantitative estimate of drug-likeness (QED) is 0.723. The lowest BCUT2D eigenvalue weighted by Crippen LogP contribution is -1.97. The third kappa shape index (κ3) is 2.97. The summed E-state index contributed by atoms with van der Waals surface area (Å²) >= 11 is 0. The van der Waals surface area contributed by atoms with E-state index in [1.807, 2.05) is 60.7 Å². The first-order valence-electron chi connectivity index (χ1n) is 6.99. The number of benzene rings is 1. The Hall–Kier alpha value is -2.56. The van der Waals surface area contributed by atoms with E-state index in [0.717, 1.165) is 23.2 Å². The van der Waals surface area contributed by atoms with Crippen LogP contribution in [0.1, 0.15) is 12.5 Å². The molecular formula is C16H18N4O. The fourth-order valence-electron chi connectivity index (χ4n) is 2.17. The van der Waals surface area contributed by atoms with Gasteiger partial charge in [-0.05, 0) is 12.5 Å². The maximum atomic E-state index is 5.87. The van der Waals surface area contributed by atoms with Gasteiger partial charge in [0.05, 0.1) is 11.8 Å². The van der Waals surface area contributed by atoms with E-state index in [-0.39, 0.29) is 0 Å². The molecule has 2 heterocycles. The summed E-state index contributed by atoms with van der Waals surface area (Å²) in [5.41, 5.74) is 3.11. The standard InChI is InChI=1S/C16H18N4O/c1-3-20-10-14(9-17-20)15-11-19(2)18-16(15)21-12-13-7-5-4-6-8-13/h4-11H,3,12H2,1-2H3. The molecule has 2 aromatic heterocycles. The second-order valence-corrected chi connectivity index (χ2v) is 4.88. The van der Waals surface area contributed by atoms with Crippen LogP contribution in [0.5, 0.6) is 5.88 Å². The fraction of sp³-hybridized carbons (Fsp3) is 0.250. The van der Waals surface area contributed by atoms with Gasteiger partial charge in [-0.15, -0.1) is 5.10 Å². The van der Waals surface area contributed by atoms with Gasteiger partial charge in [-0.2, -0.15) is 5.10 Å². The zero-order valence-corrected chi connectivity index (χ0v) is 12.2. The van der Waals surface area contributed by atoms with E-state index < -0.39 is 0 Å². The number of aryl methyl sites for hydroxylation is 2. The first-order valence-corrected chi connectivity index (χ1v) is 6.99. The first kappa shape index (κ1) is 13.4. The molecule has 5 nitrogen and oxygen atoms in total. The Labute approximate surface area is 123 Å². The molecule has 0 fully saturated rings. The largest absolute Gasteiger partial charge is 0.471 e. The van der Waals surface area contributed by atoms with Crippen molar-refractivity contribution >= 4 is 0 Å². The van der Waals surface area contributed by atoms with Gasteiger partial charge in [0.1, 0.15) is 6.61 Å². The molecule has 0 aliphatic rings. The summed E-state index contributed by atoms with van der Waals surface area (Å²) in [4.78, 5) is 0. The Bertz CT molecular complexity index is 715. The minimum atomic E-state index is 0.507. The predicted octanol–water partition coefficient (Wildman–Crippen LogP) is 2.88. The molecule has 0 amide bonds. The maximum absolute atomic E-state index is 5.87. The molecule has 0 radical (unpaired) electrons. The molecule has 0 N–H and O–H groups in total. The molecular weight excluding hydrogens is 264 g/mol. The molecule has 0 aliphatic heterocycles. The van der Waals surface area contributed by atoms with Gasteiger partial charge < -0.3 is 4.74 Å². The van der Waals surface area contributed by atoms with Gasteiger partial charge in [0, 0.05) is 31.5 Å². The molecule has 21 heavy (non-hydrogen) atoms. The molecule has 3 aromatic rings. The Morgan fingerprint density at radius 3 is 2.67 bits per heavy atom. The summed E-state index contributed by atoms with van der Waals surface area (Å²) in [6.45, 7) is 3.42. The van der Waals surface area contributed by atoms with Crippen molar-refractivity contribution < 1.29 is 4.74 Å². The second-order valence-electron chi connectivity index (χ2n) is 4.88. The van der Waals surface area contributed by atoms with Gasteiger partial charge in [-0.1, -0.05) is 30.3 Å². The van der Waals surface area contributed by atoms with Crippen LogP contribution in [0.3, 0.4) is 0 Å². The Morgan fingerprint density at radius 1 is 1.14 bits per heavy atom. The van der Waals surface area contributed by atoms with Crippen LogP contribution in [-0.4, -0.2) is 19.6 Å². The van der Waals surface area contributed by atoms with Crippen molar-refractivity contribution in [2.75, 3.05) is 0 Å². The highest BCUT2D eigenvalue weighted by molar-refractivity contribution is 5.66. The van der Waals surface area contributed by atoms with Crippen LogP contribution in [0, 0.1) is 0 Å². The molecule has 108 valence electrons. The van der Waals surface area contributed by atoms with E-state index >= 15 is 0 Å². The minimum absolute atomic E-state index is 0.507. The predicted molar refractivity (Wildman–Crippen MR) is 80.9 cm³/mol. The van der Waals surface area contributed by atoms with Crippen molar-refractivity contribution in [3.05, 3.63) is 54.5 Å². The minimum Gasteiger partial charge on any atom is -0.471 e. The van der Waals surface area contributed by atoms with Gasteiger partial charge >= 0.3 is 0 Å². The monoisotopic (exact) mass is 282 g/mol. The van der Waals surface area contributed by atoms with Gasteiger partial charge in [0.2, 0.25) is 5.88 Å². The lowest BCUT2D eigenvalue weighted by atomic mass is 10.2. The summed E-state index contributed by atoms with van der Waals surface area (Å²) in [6, 6.07) is 10.1. The highest BCUT2D eigenvalue weighted by Crippen LogP contribution is 2.28. The molecule has 0 bridgehead atoms. The first-order chi connectivity index (χ1) is 10.3. The van der Waals surface area contributed by atoms with Gasteiger partial charge in [0.25, 0.3) is 0 Å². The summed E-state index contributed by atoms with van der Waals surface area (Å²) in [6.07, 6.45) is 5.81. The third-order valence-corrected chi connectivity index (χ3v) is 3.28. The Morgan fingerprint density at radius 2 is 1.95 bits per heavy atom. The van der Waals surface area contributed by atoms with Crippen LogP contribution in [-0.2, 0) is 20.2 Å². The summed E-state index contributed by atoms with van der Waals surface area (Å²) in [5.74, 6) is 0.636. The van der Waals surface area contributed by atoms with Crippen LogP contribution < -0.4 is 4.74 Å². The average Bonchev–Trinajstić information content (AvgIpc) is 3.12. The molecule has 0 atom stereocenters. The van der Waals surface area contributed by atoms with Crippen molar-refractivity contribution in [2.45, 2.75) is 20.1 Å². The Balaban J connectivity index is 1.82. The number of ether oxygens (including phenoxy) is 1. The van der Waals surface area contributed by atoms with E-state index in [1.54, 1.807) is 4.68 Å². The zero-order chi connectivity index (χ0) is 14.7. The molecule has 3 rings (SSSR count). The normalized spacial score (nSPS) is 10.8. The SMILES string of the molecule is CCn1cc(-c2cn(C)nc2OCc2ccccc2)cn1. The number of hydrogen-bond acceptors (Lipinski definition) is 3. The van der Waals surface area contributed by atoms with Gasteiger partial charge in [-0.3, -0.25) is 9.36 Å². The molecule has 1 aromatic carbocycles. The van der Waals surface area contributed by atoms with Crippen LogP contribution in [0.4, 0.5) is 0 Å². The molecule has 0 unspecified atom stereocenters. The number of rotatable bonds is 5. The van der Waals surface area contributed by atoms with E-state index in [1.165, 1.54) is 0 Å². The molecule has 0 saturated carbocycles. The van der Waals surface area contributed by atoms with E-state index in [2.05, 4.69) is 17.1 Å². The smallest absolute Gasteiger partial charge is 0.241 e. The van der Waals surface area contributed by atoms with Gasteiger partial charge in [0.15, 0.2) is 0 Å². The lowest BCUT2D eigenvalue weighted by molar-refractivity contribution is 0.292. The van der Waals surface area contributed by atoms with Crippen molar-refractivity contribution in [2.24, 2.45) is 7.05 Å².